The van der Waals surface area contributed by atoms with Crippen molar-refractivity contribution in [3.63, 3.8) is 0 Å². The monoisotopic (exact) mass is 294 g/mol. The zero-order chi connectivity index (χ0) is 15.4. The standard InChI is InChI=1S/C18H18N2O2/c21-12-15-7-2-1-6-14(15)10-19-11-16-9-13-5-3-4-8-17(13)20-18(16)22/h1-9,19,21H,10-12H2,(H,20,22). The van der Waals surface area contributed by atoms with Gasteiger partial charge in [0.1, 0.15) is 0 Å². The molecule has 0 aliphatic heterocycles. The van der Waals surface area contributed by atoms with Crippen LogP contribution in [0.5, 0.6) is 0 Å². The summed E-state index contributed by atoms with van der Waals surface area (Å²) < 4.78 is 0. The van der Waals surface area contributed by atoms with Crippen molar-refractivity contribution in [1.29, 1.82) is 0 Å². The van der Waals surface area contributed by atoms with Crippen LogP contribution >= 0.6 is 0 Å². The molecule has 0 aliphatic rings. The summed E-state index contributed by atoms with van der Waals surface area (Å²) in [6.07, 6.45) is 0. The van der Waals surface area contributed by atoms with Crippen LogP contribution in [0.4, 0.5) is 0 Å². The van der Waals surface area contributed by atoms with Crippen LogP contribution in [0.2, 0.25) is 0 Å². The smallest absolute Gasteiger partial charge is 0.252 e. The van der Waals surface area contributed by atoms with E-state index in [0.29, 0.717) is 18.7 Å². The van der Waals surface area contributed by atoms with E-state index in [0.717, 1.165) is 22.0 Å². The molecule has 3 rings (SSSR count). The molecule has 0 saturated heterocycles. The van der Waals surface area contributed by atoms with Crippen molar-refractivity contribution in [2.45, 2.75) is 19.7 Å². The molecule has 1 aromatic heterocycles. The second-order valence-electron chi connectivity index (χ2n) is 5.24. The number of aliphatic hydroxyl groups is 1. The van der Waals surface area contributed by atoms with Crippen LogP contribution < -0.4 is 10.9 Å². The number of aromatic nitrogens is 1. The summed E-state index contributed by atoms with van der Waals surface area (Å²) in [5, 5.41) is 13.6. The van der Waals surface area contributed by atoms with E-state index in [4.69, 9.17) is 0 Å². The van der Waals surface area contributed by atoms with Gasteiger partial charge in [0.15, 0.2) is 0 Å². The fraction of sp³-hybridized carbons (Fsp3) is 0.167. The van der Waals surface area contributed by atoms with Gasteiger partial charge in [0.25, 0.3) is 5.56 Å². The Bertz CT molecular complexity index is 840. The molecule has 2 aromatic carbocycles. The summed E-state index contributed by atoms with van der Waals surface area (Å²) in [6, 6.07) is 17.4. The molecule has 0 bridgehead atoms. The molecule has 0 saturated carbocycles. The molecule has 3 aromatic rings. The van der Waals surface area contributed by atoms with Crippen molar-refractivity contribution in [2.24, 2.45) is 0 Å². The number of nitrogens with one attached hydrogen (secondary N) is 2. The fourth-order valence-corrected chi connectivity index (χ4v) is 2.54. The topological polar surface area (TPSA) is 65.1 Å². The Morgan fingerprint density at radius 1 is 0.909 bits per heavy atom. The van der Waals surface area contributed by atoms with Crippen LogP contribution in [0.15, 0.2) is 59.4 Å². The van der Waals surface area contributed by atoms with Crippen molar-refractivity contribution < 1.29 is 5.11 Å². The molecule has 0 amide bonds. The third kappa shape index (κ3) is 3.08. The summed E-state index contributed by atoms with van der Waals surface area (Å²) in [5.74, 6) is 0. The molecule has 4 nitrogen and oxygen atoms in total. The molecule has 0 radical (unpaired) electrons. The molecular formula is C18H18N2O2. The average molecular weight is 294 g/mol. The number of hydrogen-bond acceptors (Lipinski definition) is 3. The highest BCUT2D eigenvalue weighted by Crippen LogP contribution is 2.11. The van der Waals surface area contributed by atoms with Gasteiger partial charge in [-0.05, 0) is 28.6 Å². The summed E-state index contributed by atoms with van der Waals surface area (Å²) >= 11 is 0. The molecular weight excluding hydrogens is 276 g/mol. The number of pyridine rings is 1. The number of rotatable bonds is 5. The van der Waals surface area contributed by atoms with E-state index in [1.807, 2.05) is 54.6 Å². The van der Waals surface area contributed by atoms with Gasteiger partial charge in [0, 0.05) is 24.2 Å². The predicted octanol–water partition coefficient (Wildman–Crippen LogP) is 2.31. The molecule has 112 valence electrons. The van der Waals surface area contributed by atoms with Crippen LogP contribution in [0, 0.1) is 0 Å². The molecule has 0 fully saturated rings. The van der Waals surface area contributed by atoms with Crippen LogP contribution in [0.1, 0.15) is 16.7 Å². The van der Waals surface area contributed by atoms with Crippen LogP contribution in [0.25, 0.3) is 10.9 Å². The quantitative estimate of drug-likeness (QED) is 0.676. The zero-order valence-electron chi connectivity index (χ0n) is 12.2. The van der Waals surface area contributed by atoms with E-state index in [2.05, 4.69) is 10.3 Å². The first-order valence-electron chi connectivity index (χ1n) is 7.27. The Morgan fingerprint density at radius 2 is 1.59 bits per heavy atom. The lowest BCUT2D eigenvalue weighted by atomic mass is 10.1. The highest BCUT2D eigenvalue weighted by Gasteiger charge is 2.04. The summed E-state index contributed by atoms with van der Waals surface area (Å²) in [6.45, 7) is 1.12. The summed E-state index contributed by atoms with van der Waals surface area (Å²) in [5.41, 5.74) is 3.44. The number of H-pyrrole nitrogens is 1. The third-order valence-electron chi connectivity index (χ3n) is 3.75. The molecule has 3 N–H and O–H groups in total. The molecule has 4 heteroatoms. The van der Waals surface area contributed by atoms with Crippen molar-refractivity contribution in [1.82, 2.24) is 10.3 Å². The largest absolute Gasteiger partial charge is 0.392 e. The van der Waals surface area contributed by atoms with Crippen molar-refractivity contribution >= 4 is 10.9 Å². The van der Waals surface area contributed by atoms with Gasteiger partial charge in [0.2, 0.25) is 0 Å². The summed E-state index contributed by atoms with van der Waals surface area (Å²) in [4.78, 5) is 15.0. The van der Waals surface area contributed by atoms with E-state index in [1.54, 1.807) is 0 Å². The van der Waals surface area contributed by atoms with E-state index >= 15 is 0 Å². The maximum Gasteiger partial charge on any atom is 0.252 e. The van der Waals surface area contributed by atoms with Crippen LogP contribution in [-0.2, 0) is 19.7 Å². The lowest BCUT2D eigenvalue weighted by molar-refractivity contribution is 0.280. The number of benzene rings is 2. The number of aliphatic hydroxyl groups excluding tert-OH is 1. The van der Waals surface area contributed by atoms with E-state index in [1.165, 1.54) is 0 Å². The Hall–Kier alpha value is -2.43. The summed E-state index contributed by atoms with van der Waals surface area (Å²) in [7, 11) is 0. The van der Waals surface area contributed by atoms with Gasteiger partial charge < -0.3 is 15.4 Å². The van der Waals surface area contributed by atoms with Crippen LogP contribution in [0.3, 0.4) is 0 Å². The Labute approximate surface area is 128 Å². The average Bonchev–Trinajstić information content (AvgIpc) is 2.55. The minimum atomic E-state index is -0.0679. The predicted molar refractivity (Wildman–Crippen MR) is 87.5 cm³/mol. The normalized spacial score (nSPS) is 11.0. The number of fused-ring (bicyclic) bond motifs is 1. The highest BCUT2D eigenvalue weighted by atomic mass is 16.3. The number of aromatic amines is 1. The highest BCUT2D eigenvalue weighted by molar-refractivity contribution is 5.78. The minimum Gasteiger partial charge on any atom is -0.392 e. The molecule has 1 heterocycles. The van der Waals surface area contributed by atoms with Crippen molar-refractivity contribution in [3.8, 4) is 0 Å². The second-order valence-corrected chi connectivity index (χ2v) is 5.24. The Kier molecular flexibility index (Phi) is 4.32. The number of hydrogen-bond donors (Lipinski definition) is 3. The van der Waals surface area contributed by atoms with Gasteiger partial charge in [-0.1, -0.05) is 42.5 Å². The molecule has 0 unspecified atom stereocenters. The first-order chi connectivity index (χ1) is 10.8. The molecule has 22 heavy (non-hydrogen) atoms. The molecule has 0 aliphatic carbocycles. The maximum atomic E-state index is 12.1. The van der Waals surface area contributed by atoms with Crippen LogP contribution in [-0.4, -0.2) is 10.1 Å². The Morgan fingerprint density at radius 3 is 2.41 bits per heavy atom. The van der Waals surface area contributed by atoms with Gasteiger partial charge in [0.05, 0.1) is 6.61 Å². The number of para-hydroxylation sites is 1. The minimum absolute atomic E-state index is 0.0222. The van der Waals surface area contributed by atoms with Crippen molar-refractivity contribution in [2.75, 3.05) is 0 Å². The van der Waals surface area contributed by atoms with Gasteiger partial charge >= 0.3 is 0 Å². The first kappa shape index (κ1) is 14.5. The lowest BCUT2D eigenvalue weighted by Crippen LogP contribution is -2.21. The Balaban J connectivity index is 1.74. The van der Waals surface area contributed by atoms with E-state index < -0.39 is 0 Å². The van der Waals surface area contributed by atoms with Gasteiger partial charge in [-0.3, -0.25) is 4.79 Å². The van der Waals surface area contributed by atoms with Gasteiger partial charge in [-0.2, -0.15) is 0 Å². The first-order valence-corrected chi connectivity index (χ1v) is 7.27. The van der Waals surface area contributed by atoms with E-state index in [9.17, 15) is 9.90 Å². The van der Waals surface area contributed by atoms with Crippen molar-refractivity contribution in [3.05, 3.63) is 81.6 Å². The second kappa shape index (κ2) is 6.56. The van der Waals surface area contributed by atoms with Gasteiger partial charge in [-0.15, -0.1) is 0 Å². The van der Waals surface area contributed by atoms with E-state index in [-0.39, 0.29) is 12.2 Å². The molecule has 0 spiro atoms. The zero-order valence-corrected chi connectivity index (χ0v) is 12.2. The maximum absolute atomic E-state index is 12.1. The lowest BCUT2D eigenvalue weighted by Gasteiger charge is -2.09. The van der Waals surface area contributed by atoms with Gasteiger partial charge in [-0.25, -0.2) is 0 Å². The third-order valence-corrected chi connectivity index (χ3v) is 3.75. The SMILES string of the molecule is O=c1[nH]c2ccccc2cc1CNCc1ccccc1CO. The fourth-order valence-electron chi connectivity index (χ4n) is 2.54. The molecule has 0 atom stereocenters.